The van der Waals surface area contributed by atoms with Crippen LogP contribution in [0.1, 0.15) is 19.4 Å². The Morgan fingerprint density at radius 2 is 2.05 bits per heavy atom. The maximum atomic E-state index is 6.08. The van der Waals surface area contributed by atoms with Crippen LogP contribution in [0.15, 0.2) is 24.4 Å². The molecule has 100 valence electrons. The first-order chi connectivity index (χ1) is 9.04. The highest BCUT2D eigenvalue weighted by molar-refractivity contribution is 6.31. The minimum absolute atomic E-state index is 0.255. The molecule has 19 heavy (non-hydrogen) atoms. The maximum absolute atomic E-state index is 6.08. The lowest BCUT2D eigenvalue weighted by Gasteiger charge is -2.10. The van der Waals surface area contributed by atoms with E-state index in [9.17, 15) is 0 Å². The number of anilines is 3. The van der Waals surface area contributed by atoms with Gasteiger partial charge in [-0.15, -0.1) is 5.10 Å². The highest BCUT2D eigenvalue weighted by Crippen LogP contribution is 2.22. The van der Waals surface area contributed by atoms with Gasteiger partial charge in [0.15, 0.2) is 5.82 Å². The molecule has 1 aromatic carbocycles. The Morgan fingerprint density at radius 1 is 1.26 bits per heavy atom. The van der Waals surface area contributed by atoms with Crippen LogP contribution in [-0.4, -0.2) is 21.2 Å². The third-order valence-electron chi connectivity index (χ3n) is 2.42. The number of benzene rings is 1. The Kier molecular flexibility index (Phi) is 4.16. The van der Waals surface area contributed by atoms with Crippen molar-refractivity contribution in [3.8, 4) is 0 Å². The van der Waals surface area contributed by atoms with Gasteiger partial charge in [0.2, 0.25) is 5.95 Å². The number of hydrogen-bond acceptors (Lipinski definition) is 5. The van der Waals surface area contributed by atoms with Crippen LogP contribution < -0.4 is 10.6 Å². The van der Waals surface area contributed by atoms with Crippen molar-refractivity contribution in [1.29, 1.82) is 0 Å². The zero-order valence-corrected chi connectivity index (χ0v) is 11.9. The summed E-state index contributed by atoms with van der Waals surface area (Å²) in [5, 5.41) is 14.8. The second-order valence-corrected chi connectivity index (χ2v) is 4.96. The van der Waals surface area contributed by atoms with Gasteiger partial charge in [-0.1, -0.05) is 17.7 Å². The summed E-state index contributed by atoms with van der Waals surface area (Å²) in [6.07, 6.45) is 1.57. The van der Waals surface area contributed by atoms with Gasteiger partial charge in [0.05, 0.1) is 6.20 Å². The molecule has 1 heterocycles. The van der Waals surface area contributed by atoms with E-state index < -0.39 is 0 Å². The predicted octanol–water partition coefficient (Wildman–Crippen LogP) is 3.40. The molecule has 0 unspecified atom stereocenters. The molecule has 5 nitrogen and oxygen atoms in total. The fourth-order valence-electron chi connectivity index (χ4n) is 1.50. The average Bonchev–Trinajstić information content (AvgIpc) is 2.33. The van der Waals surface area contributed by atoms with Crippen molar-refractivity contribution in [1.82, 2.24) is 15.2 Å². The number of hydrogen-bond donors (Lipinski definition) is 2. The van der Waals surface area contributed by atoms with E-state index in [0.717, 1.165) is 11.3 Å². The second-order valence-electron chi connectivity index (χ2n) is 4.55. The first-order valence-corrected chi connectivity index (χ1v) is 6.42. The third kappa shape index (κ3) is 3.79. The van der Waals surface area contributed by atoms with E-state index in [1.54, 1.807) is 6.20 Å². The molecular weight excluding hydrogens is 262 g/mol. The summed E-state index contributed by atoms with van der Waals surface area (Å²) in [5.41, 5.74) is 1.90. The molecule has 0 fully saturated rings. The van der Waals surface area contributed by atoms with Crippen LogP contribution >= 0.6 is 11.6 Å². The summed E-state index contributed by atoms with van der Waals surface area (Å²) in [6.45, 7) is 6.00. The molecule has 0 saturated heterocycles. The first kappa shape index (κ1) is 13.5. The van der Waals surface area contributed by atoms with Crippen molar-refractivity contribution in [2.75, 3.05) is 10.6 Å². The Bertz CT molecular complexity index is 571. The normalized spacial score (nSPS) is 10.6. The summed E-state index contributed by atoms with van der Waals surface area (Å²) in [5.74, 6) is 1.12. The second kappa shape index (κ2) is 5.84. The van der Waals surface area contributed by atoms with Gasteiger partial charge in [0.25, 0.3) is 0 Å². The zero-order valence-electron chi connectivity index (χ0n) is 11.1. The molecule has 0 atom stereocenters. The van der Waals surface area contributed by atoms with Crippen molar-refractivity contribution in [3.05, 3.63) is 35.0 Å². The maximum Gasteiger partial charge on any atom is 0.244 e. The van der Waals surface area contributed by atoms with E-state index in [2.05, 4.69) is 25.8 Å². The van der Waals surface area contributed by atoms with Crippen LogP contribution in [0.3, 0.4) is 0 Å². The number of nitrogens with zero attached hydrogens (tertiary/aromatic N) is 3. The minimum Gasteiger partial charge on any atom is -0.351 e. The number of halogens is 1. The van der Waals surface area contributed by atoms with Gasteiger partial charge >= 0.3 is 0 Å². The van der Waals surface area contributed by atoms with Gasteiger partial charge in [0, 0.05) is 16.8 Å². The van der Waals surface area contributed by atoms with Crippen LogP contribution in [0.5, 0.6) is 0 Å². The van der Waals surface area contributed by atoms with Crippen molar-refractivity contribution in [2.45, 2.75) is 26.8 Å². The number of aromatic nitrogens is 3. The number of rotatable bonds is 4. The standard InChI is InChI=1S/C13H16ClN5/c1-8(2)16-13-18-12(7-15-19-13)17-10-5-4-9(3)11(14)6-10/h4-8H,1-3H3,(H2,16,17,18,19). The fraction of sp³-hybridized carbons (Fsp3) is 0.308. The third-order valence-corrected chi connectivity index (χ3v) is 2.83. The molecule has 0 amide bonds. The Labute approximate surface area is 117 Å². The highest BCUT2D eigenvalue weighted by atomic mass is 35.5. The summed E-state index contributed by atoms with van der Waals surface area (Å²) >= 11 is 6.08. The van der Waals surface area contributed by atoms with E-state index in [1.807, 2.05) is 39.0 Å². The van der Waals surface area contributed by atoms with Gasteiger partial charge in [-0.05, 0) is 38.5 Å². The van der Waals surface area contributed by atoms with Crippen molar-refractivity contribution in [3.63, 3.8) is 0 Å². The molecule has 1 aromatic heterocycles. The number of nitrogens with one attached hydrogen (secondary N) is 2. The minimum atomic E-state index is 0.255. The lowest BCUT2D eigenvalue weighted by Crippen LogP contribution is -2.13. The average molecular weight is 278 g/mol. The Balaban J connectivity index is 2.16. The summed E-state index contributed by atoms with van der Waals surface area (Å²) in [6, 6.07) is 6.01. The summed E-state index contributed by atoms with van der Waals surface area (Å²) in [4.78, 5) is 4.32. The quantitative estimate of drug-likeness (QED) is 0.897. The molecule has 0 aliphatic rings. The van der Waals surface area contributed by atoms with Crippen LogP contribution in [0.2, 0.25) is 5.02 Å². The molecule has 6 heteroatoms. The predicted molar refractivity (Wildman–Crippen MR) is 78.1 cm³/mol. The van der Waals surface area contributed by atoms with Gasteiger partial charge in [0.1, 0.15) is 0 Å². The van der Waals surface area contributed by atoms with Gasteiger partial charge in [-0.25, -0.2) is 0 Å². The van der Waals surface area contributed by atoms with E-state index >= 15 is 0 Å². The summed E-state index contributed by atoms with van der Waals surface area (Å²) < 4.78 is 0. The summed E-state index contributed by atoms with van der Waals surface area (Å²) in [7, 11) is 0. The van der Waals surface area contributed by atoms with E-state index in [1.165, 1.54) is 0 Å². The zero-order chi connectivity index (χ0) is 13.8. The molecule has 2 rings (SSSR count). The molecule has 0 radical (unpaired) electrons. The van der Waals surface area contributed by atoms with Crippen molar-refractivity contribution < 1.29 is 0 Å². The van der Waals surface area contributed by atoms with Gasteiger partial charge in [-0.3, -0.25) is 0 Å². The molecule has 0 spiro atoms. The SMILES string of the molecule is Cc1ccc(Nc2cnnc(NC(C)C)n2)cc1Cl. The molecule has 2 aromatic rings. The monoisotopic (exact) mass is 277 g/mol. The first-order valence-electron chi connectivity index (χ1n) is 6.04. The van der Waals surface area contributed by atoms with Crippen LogP contribution in [-0.2, 0) is 0 Å². The molecule has 0 aliphatic heterocycles. The van der Waals surface area contributed by atoms with Crippen molar-refractivity contribution >= 4 is 29.1 Å². The van der Waals surface area contributed by atoms with Crippen LogP contribution in [0, 0.1) is 6.92 Å². The van der Waals surface area contributed by atoms with Crippen LogP contribution in [0.4, 0.5) is 17.5 Å². The van der Waals surface area contributed by atoms with E-state index in [4.69, 9.17) is 11.6 Å². The largest absolute Gasteiger partial charge is 0.351 e. The Hall–Kier alpha value is -1.88. The van der Waals surface area contributed by atoms with E-state index in [-0.39, 0.29) is 6.04 Å². The fourth-order valence-corrected chi connectivity index (χ4v) is 1.68. The molecule has 2 N–H and O–H groups in total. The Morgan fingerprint density at radius 3 is 2.74 bits per heavy atom. The smallest absolute Gasteiger partial charge is 0.244 e. The highest BCUT2D eigenvalue weighted by Gasteiger charge is 2.03. The van der Waals surface area contributed by atoms with Crippen LogP contribution in [0.25, 0.3) is 0 Å². The molecule has 0 aliphatic carbocycles. The van der Waals surface area contributed by atoms with E-state index in [0.29, 0.717) is 16.8 Å². The lowest BCUT2D eigenvalue weighted by molar-refractivity contribution is 0.852. The van der Waals surface area contributed by atoms with Gasteiger partial charge < -0.3 is 10.6 Å². The number of aryl methyl sites for hydroxylation is 1. The molecular formula is C13H16ClN5. The van der Waals surface area contributed by atoms with Crippen molar-refractivity contribution in [2.24, 2.45) is 0 Å². The molecule has 0 saturated carbocycles. The van der Waals surface area contributed by atoms with Gasteiger partial charge in [-0.2, -0.15) is 10.1 Å². The topological polar surface area (TPSA) is 62.7 Å². The molecule has 0 bridgehead atoms. The lowest BCUT2D eigenvalue weighted by atomic mass is 10.2.